The number of anilines is 1. The lowest BCUT2D eigenvalue weighted by Gasteiger charge is -2.34. The number of alkyl halides is 4. The number of carbonyl (C=O) groups is 1. The monoisotopic (exact) mass is 291 g/mol. The zero-order chi connectivity index (χ0) is 14.8. The highest BCUT2D eigenvalue weighted by molar-refractivity contribution is 5.90. The lowest BCUT2D eigenvalue weighted by molar-refractivity contribution is -0.159. The molecule has 0 bridgehead atoms. The minimum absolute atomic E-state index is 0.356. The SMILES string of the molecule is O=C(OCC(F)(F)F)N1c2ccccc2CCC1CF. The van der Waals surface area contributed by atoms with E-state index in [1.165, 1.54) is 0 Å². The van der Waals surface area contributed by atoms with Crippen molar-refractivity contribution in [2.45, 2.75) is 25.1 Å². The van der Waals surface area contributed by atoms with Gasteiger partial charge in [-0.05, 0) is 24.5 Å². The van der Waals surface area contributed by atoms with Crippen LogP contribution >= 0.6 is 0 Å². The quantitative estimate of drug-likeness (QED) is 0.781. The van der Waals surface area contributed by atoms with E-state index in [-0.39, 0.29) is 0 Å². The lowest BCUT2D eigenvalue weighted by atomic mass is 9.97. The standard InChI is InChI=1S/C13H13F4NO2/c14-7-10-6-5-9-3-1-2-4-11(9)18(10)12(19)20-8-13(15,16)17/h1-4,10H,5-8H2. The number of fused-ring (bicyclic) bond motifs is 1. The average molecular weight is 291 g/mol. The molecule has 20 heavy (non-hydrogen) atoms. The maximum absolute atomic E-state index is 13.0. The van der Waals surface area contributed by atoms with Crippen LogP contribution in [0.1, 0.15) is 12.0 Å². The van der Waals surface area contributed by atoms with Gasteiger partial charge in [0.05, 0.1) is 11.7 Å². The van der Waals surface area contributed by atoms with Crippen molar-refractivity contribution in [2.24, 2.45) is 0 Å². The summed E-state index contributed by atoms with van der Waals surface area (Å²) in [4.78, 5) is 12.8. The number of benzene rings is 1. The summed E-state index contributed by atoms with van der Waals surface area (Å²) >= 11 is 0. The predicted octanol–water partition coefficient (Wildman–Crippen LogP) is 3.48. The first-order valence-electron chi connectivity index (χ1n) is 6.09. The van der Waals surface area contributed by atoms with Crippen LogP contribution in [0.5, 0.6) is 0 Å². The van der Waals surface area contributed by atoms with E-state index >= 15 is 0 Å². The summed E-state index contributed by atoms with van der Waals surface area (Å²) in [5.41, 5.74) is 1.20. The van der Waals surface area contributed by atoms with Crippen LogP contribution in [0.3, 0.4) is 0 Å². The number of rotatable bonds is 2. The van der Waals surface area contributed by atoms with Crippen LogP contribution in [-0.4, -0.2) is 31.6 Å². The Morgan fingerprint density at radius 2 is 2.05 bits per heavy atom. The van der Waals surface area contributed by atoms with Crippen molar-refractivity contribution < 1.29 is 27.1 Å². The summed E-state index contributed by atoms with van der Waals surface area (Å²) in [7, 11) is 0. The second-order valence-electron chi connectivity index (χ2n) is 4.52. The third-order valence-electron chi connectivity index (χ3n) is 3.10. The van der Waals surface area contributed by atoms with Crippen molar-refractivity contribution in [3.8, 4) is 0 Å². The molecule has 0 N–H and O–H groups in total. The molecule has 3 nitrogen and oxygen atoms in total. The Hall–Kier alpha value is -1.79. The van der Waals surface area contributed by atoms with Gasteiger partial charge in [0.2, 0.25) is 0 Å². The second kappa shape index (κ2) is 5.68. The molecule has 2 rings (SSSR count). The summed E-state index contributed by atoms with van der Waals surface area (Å²) in [5, 5.41) is 0. The zero-order valence-corrected chi connectivity index (χ0v) is 10.5. The molecule has 0 radical (unpaired) electrons. The number of carbonyl (C=O) groups excluding carboxylic acids is 1. The molecule has 1 unspecified atom stereocenters. The highest BCUT2D eigenvalue weighted by atomic mass is 19.4. The molecular formula is C13H13F4NO2. The van der Waals surface area contributed by atoms with Crippen LogP contribution in [0, 0.1) is 0 Å². The van der Waals surface area contributed by atoms with E-state index in [9.17, 15) is 22.4 Å². The number of aryl methyl sites for hydroxylation is 1. The fraction of sp³-hybridized carbons (Fsp3) is 0.462. The molecule has 1 amide bonds. The Morgan fingerprint density at radius 3 is 2.70 bits per heavy atom. The van der Waals surface area contributed by atoms with Gasteiger partial charge >= 0.3 is 12.3 Å². The van der Waals surface area contributed by atoms with Crippen molar-refractivity contribution in [1.82, 2.24) is 0 Å². The summed E-state index contributed by atoms with van der Waals surface area (Å²) in [6.45, 7) is -2.50. The third-order valence-corrected chi connectivity index (χ3v) is 3.10. The summed E-state index contributed by atoms with van der Waals surface area (Å²) in [6, 6.07) is 5.95. The molecule has 1 heterocycles. The lowest BCUT2D eigenvalue weighted by Crippen LogP contribution is -2.46. The fourth-order valence-corrected chi connectivity index (χ4v) is 2.21. The van der Waals surface area contributed by atoms with E-state index in [2.05, 4.69) is 4.74 Å². The molecule has 110 valence electrons. The van der Waals surface area contributed by atoms with Crippen molar-refractivity contribution in [3.63, 3.8) is 0 Å². The average Bonchev–Trinajstić information content (AvgIpc) is 2.42. The molecule has 1 aliphatic heterocycles. The first-order chi connectivity index (χ1) is 9.42. The van der Waals surface area contributed by atoms with Gasteiger partial charge in [-0.2, -0.15) is 13.2 Å². The molecular weight excluding hydrogens is 278 g/mol. The number of ether oxygens (including phenoxy) is 1. The van der Waals surface area contributed by atoms with Crippen molar-refractivity contribution in [3.05, 3.63) is 29.8 Å². The largest absolute Gasteiger partial charge is 0.439 e. The van der Waals surface area contributed by atoms with Crippen molar-refractivity contribution in [1.29, 1.82) is 0 Å². The molecule has 0 aromatic heterocycles. The number of hydrogen-bond acceptors (Lipinski definition) is 2. The summed E-state index contributed by atoms with van der Waals surface area (Å²) in [5.74, 6) is 0. The molecule has 0 fully saturated rings. The molecule has 1 atom stereocenters. The third kappa shape index (κ3) is 3.20. The van der Waals surface area contributed by atoms with E-state index < -0.39 is 31.6 Å². The predicted molar refractivity (Wildman–Crippen MR) is 64.4 cm³/mol. The van der Waals surface area contributed by atoms with Crippen LogP contribution < -0.4 is 4.90 Å². The number of amides is 1. The van der Waals surface area contributed by atoms with Gasteiger partial charge in [0.1, 0.15) is 6.67 Å². The van der Waals surface area contributed by atoms with Gasteiger partial charge in [-0.25, -0.2) is 9.18 Å². The zero-order valence-electron chi connectivity index (χ0n) is 10.5. The normalized spacial score (nSPS) is 18.6. The molecule has 1 aromatic rings. The molecule has 0 spiro atoms. The van der Waals surface area contributed by atoms with Crippen LogP contribution in [0.25, 0.3) is 0 Å². The van der Waals surface area contributed by atoms with Crippen molar-refractivity contribution in [2.75, 3.05) is 18.2 Å². The Labute approximate surface area is 113 Å². The van der Waals surface area contributed by atoms with E-state index in [0.29, 0.717) is 18.5 Å². The van der Waals surface area contributed by atoms with Gasteiger partial charge in [-0.1, -0.05) is 18.2 Å². The number of halogens is 4. The van der Waals surface area contributed by atoms with Gasteiger partial charge in [0.15, 0.2) is 6.61 Å². The highest BCUT2D eigenvalue weighted by Gasteiger charge is 2.35. The maximum atomic E-state index is 13.0. The van der Waals surface area contributed by atoms with Crippen molar-refractivity contribution >= 4 is 11.8 Å². The molecule has 1 aliphatic rings. The van der Waals surface area contributed by atoms with Gasteiger partial charge in [-0.3, -0.25) is 4.90 Å². The highest BCUT2D eigenvalue weighted by Crippen LogP contribution is 2.31. The summed E-state index contributed by atoms with van der Waals surface area (Å²) in [6.07, 6.45) is -4.84. The molecule has 7 heteroatoms. The van der Waals surface area contributed by atoms with Gasteiger partial charge < -0.3 is 4.74 Å². The number of hydrogen-bond donors (Lipinski definition) is 0. The second-order valence-corrected chi connectivity index (χ2v) is 4.52. The van der Waals surface area contributed by atoms with E-state index in [1.807, 2.05) is 0 Å². The smallest absolute Gasteiger partial charge is 0.422 e. The topological polar surface area (TPSA) is 29.5 Å². The van der Waals surface area contributed by atoms with E-state index in [4.69, 9.17) is 0 Å². The van der Waals surface area contributed by atoms with E-state index in [1.54, 1.807) is 24.3 Å². The van der Waals surface area contributed by atoms with Crippen LogP contribution in [-0.2, 0) is 11.2 Å². The number of para-hydroxylation sites is 1. The first kappa shape index (κ1) is 14.6. The molecule has 0 saturated heterocycles. The van der Waals surface area contributed by atoms with Crippen LogP contribution in [0.2, 0.25) is 0 Å². The summed E-state index contributed by atoms with van der Waals surface area (Å²) < 4.78 is 53.5. The Bertz CT molecular complexity index is 490. The Balaban J connectivity index is 2.20. The van der Waals surface area contributed by atoms with Gasteiger partial charge in [-0.15, -0.1) is 0 Å². The Kier molecular flexibility index (Phi) is 4.15. The Morgan fingerprint density at radius 1 is 1.35 bits per heavy atom. The van der Waals surface area contributed by atoms with Gasteiger partial charge in [0.25, 0.3) is 0 Å². The number of nitrogens with zero attached hydrogens (tertiary/aromatic N) is 1. The molecule has 1 aromatic carbocycles. The van der Waals surface area contributed by atoms with Gasteiger partial charge in [0, 0.05) is 0 Å². The fourth-order valence-electron chi connectivity index (χ4n) is 2.21. The van der Waals surface area contributed by atoms with Crippen LogP contribution in [0.4, 0.5) is 28.0 Å². The minimum atomic E-state index is -4.60. The molecule has 0 aliphatic carbocycles. The molecule has 0 saturated carbocycles. The van der Waals surface area contributed by atoms with Crippen LogP contribution in [0.15, 0.2) is 24.3 Å². The maximum Gasteiger partial charge on any atom is 0.422 e. The van der Waals surface area contributed by atoms with E-state index in [0.717, 1.165) is 10.5 Å². The minimum Gasteiger partial charge on any atom is -0.439 e. The first-order valence-corrected chi connectivity index (χ1v) is 6.09.